The summed E-state index contributed by atoms with van der Waals surface area (Å²) in [7, 11) is 0. The Morgan fingerprint density at radius 2 is 2.33 bits per heavy atom. The zero-order valence-corrected chi connectivity index (χ0v) is 8.39. The molecule has 64 valence electrons. The Hall–Kier alpha value is -0.690. The summed E-state index contributed by atoms with van der Waals surface area (Å²) >= 11 is -1.72. The topological polar surface area (TPSA) is 71.0 Å². The van der Waals surface area contributed by atoms with E-state index >= 15 is 0 Å². The van der Waals surface area contributed by atoms with Crippen LogP contribution in [0.2, 0.25) is 0 Å². The first-order valence-corrected chi connectivity index (χ1v) is 6.96. The molecule has 4 nitrogen and oxygen atoms in total. The summed E-state index contributed by atoms with van der Waals surface area (Å²) < 4.78 is 5.25. The van der Waals surface area contributed by atoms with E-state index in [-0.39, 0.29) is 4.61 Å². The van der Waals surface area contributed by atoms with Crippen LogP contribution in [0.4, 0.5) is 11.4 Å². The van der Waals surface area contributed by atoms with Gasteiger partial charge in [0.2, 0.25) is 0 Å². The summed E-state index contributed by atoms with van der Waals surface area (Å²) in [4.78, 5) is 0. The molecule has 3 N–H and O–H groups in total. The van der Waals surface area contributed by atoms with Crippen molar-refractivity contribution in [1.82, 2.24) is 0 Å². The summed E-state index contributed by atoms with van der Waals surface area (Å²) in [6.07, 6.45) is 0. The SMILES string of the molecule is Nc1ccc2c(c1)I(CO)N=N2. The number of nitrogen functional groups attached to an aromatic ring is 1. The van der Waals surface area contributed by atoms with Crippen molar-refractivity contribution in [2.75, 3.05) is 10.3 Å². The maximum atomic E-state index is 8.98. The molecule has 0 unspecified atom stereocenters. The zero-order chi connectivity index (χ0) is 8.55. The van der Waals surface area contributed by atoms with Crippen molar-refractivity contribution in [3.63, 3.8) is 0 Å². The van der Waals surface area contributed by atoms with E-state index in [0.29, 0.717) is 0 Å². The van der Waals surface area contributed by atoms with Gasteiger partial charge < -0.3 is 0 Å². The van der Waals surface area contributed by atoms with Gasteiger partial charge in [0.1, 0.15) is 0 Å². The number of aliphatic hydroxyl groups excluding tert-OH is 1. The van der Waals surface area contributed by atoms with E-state index in [0.717, 1.165) is 14.9 Å². The number of fused-ring (bicyclic) bond motifs is 1. The fraction of sp³-hybridized carbons (Fsp3) is 0.143. The zero-order valence-electron chi connectivity index (χ0n) is 6.24. The van der Waals surface area contributed by atoms with E-state index in [1.54, 1.807) is 6.07 Å². The van der Waals surface area contributed by atoms with Gasteiger partial charge in [-0.15, -0.1) is 0 Å². The quantitative estimate of drug-likeness (QED) is 0.467. The van der Waals surface area contributed by atoms with Crippen LogP contribution in [0.3, 0.4) is 0 Å². The minimum atomic E-state index is -1.72. The van der Waals surface area contributed by atoms with E-state index in [4.69, 9.17) is 10.8 Å². The summed E-state index contributed by atoms with van der Waals surface area (Å²) in [5.41, 5.74) is 7.21. The van der Waals surface area contributed by atoms with E-state index in [2.05, 4.69) is 8.44 Å². The molecule has 0 saturated heterocycles. The van der Waals surface area contributed by atoms with Crippen molar-refractivity contribution >= 4 is 31.5 Å². The minimum absolute atomic E-state index is 0.143. The Labute approximate surface area is 77.2 Å². The van der Waals surface area contributed by atoms with Gasteiger partial charge in [-0.25, -0.2) is 0 Å². The second-order valence-electron chi connectivity index (χ2n) is 2.34. The van der Waals surface area contributed by atoms with Crippen LogP contribution in [0.25, 0.3) is 0 Å². The van der Waals surface area contributed by atoms with Gasteiger partial charge in [0, 0.05) is 0 Å². The third-order valence-electron chi connectivity index (χ3n) is 1.56. The number of nitrogens with zero attached hydrogens (tertiary/aromatic N) is 2. The van der Waals surface area contributed by atoms with Crippen LogP contribution in [0.1, 0.15) is 0 Å². The Balaban J connectivity index is 2.48. The molecule has 0 bridgehead atoms. The van der Waals surface area contributed by atoms with E-state index in [9.17, 15) is 0 Å². The molecule has 1 aromatic carbocycles. The van der Waals surface area contributed by atoms with Crippen LogP contribution in [0.15, 0.2) is 26.6 Å². The summed E-state index contributed by atoms with van der Waals surface area (Å²) in [5, 5.41) is 13.0. The van der Waals surface area contributed by atoms with Crippen LogP contribution in [0, 0.1) is 3.57 Å². The number of halogens is 1. The molecule has 0 amide bonds. The van der Waals surface area contributed by atoms with Crippen molar-refractivity contribution in [2.45, 2.75) is 0 Å². The predicted molar refractivity (Wildman–Crippen MR) is 55.2 cm³/mol. The molecular formula is C7H8IN3O. The molecular weight excluding hydrogens is 269 g/mol. The first-order valence-electron chi connectivity index (χ1n) is 3.39. The molecule has 0 saturated carbocycles. The molecule has 5 heteroatoms. The number of aliphatic hydroxyl groups is 1. The van der Waals surface area contributed by atoms with Gasteiger partial charge in [0.05, 0.1) is 0 Å². The van der Waals surface area contributed by atoms with Gasteiger partial charge in [-0.3, -0.25) is 0 Å². The van der Waals surface area contributed by atoms with E-state index in [1.165, 1.54) is 0 Å². The van der Waals surface area contributed by atoms with Crippen molar-refractivity contribution in [3.05, 3.63) is 21.8 Å². The van der Waals surface area contributed by atoms with Gasteiger partial charge in [-0.1, -0.05) is 0 Å². The summed E-state index contributed by atoms with van der Waals surface area (Å²) in [6, 6.07) is 5.52. The third-order valence-corrected chi connectivity index (χ3v) is 5.15. The number of benzene rings is 1. The molecule has 0 aliphatic carbocycles. The van der Waals surface area contributed by atoms with Gasteiger partial charge in [0.15, 0.2) is 0 Å². The first kappa shape index (κ1) is 7.93. The van der Waals surface area contributed by atoms with Gasteiger partial charge in [-0.2, -0.15) is 0 Å². The second kappa shape index (κ2) is 2.98. The fourth-order valence-electron chi connectivity index (χ4n) is 0.994. The molecule has 1 aliphatic rings. The standard InChI is InChI=1S/C7H8IN3O/c9-5-1-2-7-6(3-5)8(4-12)11-10-7/h1-3,12H,4,9H2. The monoisotopic (exact) mass is 277 g/mol. The van der Waals surface area contributed by atoms with E-state index < -0.39 is 20.1 Å². The van der Waals surface area contributed by atoms with Crippen molar-refractivity contribution in [2.24, 2.45) is 8.44 Å². The molecule has 1 aliphatic heterocycles. The van der Waals surface area contributed by atoms with Crippen molar-refractivity contribution < 1.29 is 5.11 Å². The van der Waals surface area contributed by atoms with Crippen LogP contribution < -0.4 is 5.73 Å². The normalized spacial score (nSPS) is 16.6. The Bertz CT molecular complexity index is 339. The number of anilines is 1. The number of nitrogens with two attached hydrogens (primary N) is 1. The summed E-state index contributed by atoms with van der Waals surface area (Å²) in [6.45, 7) is 0. The molecule has 1 heterocycles. The fourth-order valence-corrected chi connectivity index (χ4v) is 3.87. The molecule has 0 atom stereocenters. The van der Waals surface area contributed by atoms with Gasteiger partial charge in [0.25, 0.3) is 0 Å². The maximum absolute atomic E-state index is 8.98. The Kier molecular flexibility index (Phi) is 1.97. The first-order chi connectivity index (χ1) is 5.81. The van der Waals surface area contributed by atoms with Crippen LogP contribution in [-0.2, 0) is 0 Å². The molecule has 0 aromatic heterocycles. The van der Waals surface area contributed by atoms with Crippen LogP contribution in [-0.4, -0.2) is 9.72 Å². The van der Waals surface area contributed by atoms with Crippen molar-refractivity contribution in [1.29, 1.82) is 0 Å². The molecule has 0 fully saturated rings. The Morgan fingerprint density at radius 3 is 3.08 bits per heavy atom. The molecule has 2 rings (SSSR count). The average molecular weight is 277 g/mol. The predicted octanol–water partition coefficient (Wildman–Crippen LogP) is 1.91. The Morgan fingerprint density at radius 1 is 1.50 bits per heavy atom. The van der Waals surface area contributed by atoms with Crippen molar-refractivity contribution in [3.8, 4) is 0 Å². The summed E-state index contributed by atoms with van der Waals surface area (Å²) in [5.74, 6) is 0. The number of rotatable bonds is 1. The second-order valence-corrected chi connectivity index (χ2v) is 6.55. The average Bonchev–Trinajstić information content (AvgIpc) is 2.46. The molecule has 1 aromatic rings. The number of hydrogen-bond donors (Lipinski definition) is 2. The molecule has 0 spiro atoms. The third kappa shape index (κ3) is 1.18. The number of alkyl halides is 1. The van der Waals surface area contributed by atoms with Gasteiger partial charge in [-0.05, 0) is 0 Å². The molecule has 12 heavy (non-hydrogen) atoms. The van der Waals surface area contributed by atoms with Crippen LogP contribution >= 0.6 is 20.1 Å². The number of hydrogen-bond acceptors (Lipinski definition) is 4. The van der Waals surface area contributed by atoms with Gasteiger partial charge >= 0.3 is 77.1 Å². The van der Waals surface area contributed by atoms with E-state index in [1.807, 2.05) is 12.1 Å². The molecule has 0 radical (unpaired) electrons. The van der Waals surface area contributed by atoms with Crippen LogP contribution in [0.5, 0.6) is 0 Å².